The predicted octanol–water partition coefficient (Wildman–Crippen LogP) is 2.08. The summed E-state index contributed by atoms with van der Waals surface area (Å²) in [7, 11) is -0.710. The molecule has 22 heavy (non-hydrogen) atoms. The smallest absolute Gasteiger partial charge is 0.415 e. The number of benzene rings is 1. The number of para-hydroxylation sites is 1. The molecular weight excluding hydrogens is 313 g/mol. The summed E-state index contributed by atoms with van der Waals surface area (Å²) >= 11 is 0. The molecule has 1 aromatic carbocycles. The van der Waals surface area contributed by atoms with Crippen LogP contribution in [0.2, 0.25) is 0 Å². The van der Waals surface area contributed by atoms with Crippen molar-refractivity contribution >= 4 is 31.9 Å². The molecule has 0 aromatic heterocycles. The molecule has 1 rings (SSSR count). The molecule has 0 spiro atoms. The fourth-order valence-corrected chi connectivity index (χ4v) is 3.05. The van der Waals surface area contributed by atoms with Gasteiger partial charge in [0.05, 0.1) is 12.8 Å². The zero-order valence-electron chi connectivity index (χ0n) is 12.3. The number of rotatable bonds is 7. The molecule has 120 valence electrons. The Bertz CT molecular complexity index is 596. The highest BCUT2D eigenvalue weighted by Crippen LogP contribution is 2.53. The molecule has 8 nitrogen and oxygen atoms in total. The third-order valence-corrected chi connectivity index (χ3v) is 4.93. The van der Waals surface area contributed by atoms with Crippen molar-refractivity contribution in [1.82, 2.24) is 0 Å². The fourth-order valence-electron chi connectivity index (χ4n) is 1.82. The molecule has 0 aliphatic rings. The monoisotopic (exact) mass is 329 g/mol. The van der Waals surface area contributed by atoms with Gasteiger partial charge in [0.15, 0.2) is 18.4 Å². The Morgan fingerprint density at radius 2 is 1.77 bits per heavy atom. The van der Waals surface area contributed by atoms with Crippen molar-refractivity contribution in [3.8, 4) is 0 Å². The Balaban J connectivity index is 3.52. The Labute approximate surface area is 127 Å². The van der Waals surface area contributed by atoms with Crippen molar-refractivity contribution in [3.63, 3.8) is 0 Å². The van der Waals surface area contributed by atoms with Gasteiger partial charge in [0, 0.05) is 19.8 Å². The van der Waals surface area contributed by atoms with Crippen molar-refractivity contribution in [1.29, 1.82) is 0 Å². The van der Waals surface area contributed by atoms with Gasteiger partial charge in [0.1, 0.15) is 0 Å². The molecular formula is C13H16NO7P. The van der Waals surface area contributed by atoms with Crippen molar-refractivity contribution < 1.29 is 32.7 Å². The van der Waals surface area contributed by atoms with E-state index in [0.29, 0.717) is 6.29 Å². The Kier molecular flexibility index (Phi) is 6.42. The van der Waals surface area contributed by atoms with Gasteiger partial charge in [-0.3, -0.25) is 14.3 Å². The first-order chi connectivity index (χ1) is 10.5. The second-order valence-corrected chi connectivity index (χ2v) is 6.31. The van der Waals surface area contributed by atoms with Crippen molar-refractivity contribution in [2.24, 2.45) is 0 Å². The van der Waals surface area contributed by atoms with Crippen LogP contribution in [0.25, 0.3) is 0 Å². The van der Waals surface area contributed by atoms with Crippen LogP contribution < -0.4 is 4.90 Å². The molecule has 0 radical (unpaired) electrons. The van der Waals surface area contributed by atoms with Gasteiger partial charge in [0.25, 0.3) is 0 Å². The maximum atomic E-state index is 12.5. The molecule has 0 fully saturated rings. The van der Waals surface area contributed by atoms with Gasteiger partial charge in [-0.2, -0.15) is 0 Å². The van der Waals surface area contributed by atoms with Crippen LogP contribution in [-0.2, 0) is 23.1 Å². The summed E-state index contributed by atoms with van der Waals surface area (Å²) in [4.78, 5) is 35.4. The van der Waals surface area contributed by atoms with Crippen molar-refractivity contribution in [2.75, 3.05) is 26.2 Å². The maximum Gasteiger partial charge on any atom is 0.415 e. The number of nitrogens with zero attached hydrogens (tertiary/aromatic N) is 1. The predicted molar refractivity (Wildman–Crippen MR) is 78.2 cm³/mol. The average molecular weight is 329 g/mol. The summed E-state index contributed by atoms with van der Waals surface area (Å²) in [5, 5.41) is 0. The molecule has 0 saturated heterocycles. The molecule has 0 bridgehead atoms. The van der Waals surface area contributed by atoms with Gasteiger partial charge in [-0.25, -0.2) is 4.79 Å². The highest BCUT2D eigenvalue weighted by atomic mass is 31.2. The summed E-state index contributed by atoms with van der Waals surface area (Å²) in [6.45, 7) is 0. The van der Waals surface area contributed by atoms with Crippen LogP contribution in [0.5, 0.6) is 0 Å². The summed E-state index contributed by atoms with van der Waals surface area (Å²) in [5.74, 6) is -1.60. The summed E-state index contributed by atoms with van der Waals surface area (Å²) < 4.78 is 26.7. The van der Waals surface area contributed by atoms with Gasteiger partial charge < -0.3 is 18.6 Å². The van der Waals surface area contributed by atoms with Crippen LogP contribution >= 0.6 is 7.60 Å². The Morgan fingerprint density at radius 3 is 2.23 bits per heavy atom. The van der Waals surface area contributed by atoms with Crippen LogP contribution in [0.4, 0.5) is 10.5 Å². The number of anilines is 1. The van der Waals surface area contributed by atoms with E-state index >= 15 is 0 Å². The number of hydrogen-bond acceptors (Lipinski definition) is 7. The van der Waals surface area contributed by atoms with Gasteiger partial charge >= 0.3 is 13.7 Å². The van der Waals surface area contributed by atoms with Crippen LogP contribution in [0.15, 0.2) is 24.3 Å². The van der Waals surface area contributed by atoms with Crippen LogP contribution in [0.1, 0.15) is 10.4 Å². The van der Waals surface area contributed by atoms with Crippen LogP contribution in [0, 0.1) is 0 Å². The van der Waals surface area contributed by atoms with E-state index in [1.165, 1.54) is 12.1 Å². The minimum absolute atomic E-state index is 0.0516. The second kappa shape index (κ2) is 7.84. The van der Waals surface area contributed by atoms with E-state index in [-0.39, 0.29) is 17.5 Å². The van der Waals surface area contributed by atoms with Crippen molar-refractivity contribution in [2.45, 2.75) is 5.78 Å². The van der Waals surface area contributed by atoms with Gasteiger partial charge in [-0.15, -0.1) is 0 Å². The van der Waals surface area contributed by atoms with Crippen LogP contribution in [0.3, 0.4) is 0 Å². The summed E-state index contributed by atoms with van der Waals surface area (Å²) in [6, 6.07) is 5.97. The molecule has 0 aliphatic carbocycles. The number of methoxy groups -OCH3 is 1. The lowest BCUT2D eigenvalue weighted by Gasteiger charge is -2.30. The van der Waals surface area contributed by atoms with E-state index in [4.69, 9.17) is 9.05 Å². The van der Waals surface area contributed by atoms with E-state index in [1.807, 2.05) is 0 Å². The number of aldehydes is 2. The lowest BCUT2D eigenvalue weighted by molar-refractivity contribution is -0.107. The number of hydrogen-bond donors (Lipinski definition) is 0. The van der Waals surface area contributed by atoms with E-state index in [0.717, 1.165) is 26.2 Å². The number of carbonyl (C=O) groups excluding carboxylic acids is 3. The molecule has 0 N–H and O–H groups in total. The lowest BCUT2D eigenvalue weighted by Crippen LogP contribution is -2.42. The first kappa shape index (κ1) is 18.0. The quantitative estimate of drug-likeness (QED) is 0.558. The Hall–Kier alpha value is -2.02. The van der Waals surface area contributed by atoms with Gasteiger partial charge in [0.2, 0.25) is 0 Å². The molecule has 1 unspecified atom stereocenters. The highest BCUT2D eigenvalue weighted by Gasteiger charge is 2.43. The standard InChI is InChI=1S/C13H16NO7P/c1-19-13(17)14(11-7-5-4-6-10(11)8-15)12(9-16)22(18,20-2)21-3/h4-9,12H,1-3H3. The topological polar surface area (TPSA) is 99.2 Å². The van der Waals surface area contributed by atoms with Crippen molar-refractivity contribution in [3.05, 3.63) is 29.8 Å². The van der Waals surface area contributed by atoms with Gasteiger partial charge in [-0.05, 0) is 12.1 Å². The highest BCUT2D eigenvalue weighted by molar-refractivity contribution is 7.55. The maximum absolute atomic E-state index is 12.5. The SMILES string of the molecule is COC(=O)N(c1ccccc1C=O)C(C=O)P(=O)(OC)OC. The minimum Gasteiger partial charge on any atom is -0.452 e. The largest absolute Gasteiger partial charge is 0.452 e. The molecule has 0 aliphatic heterocycles. The average Bonchev–Trinajstić information content (AvgIpc) is 2.58. The zero-order valence-corrected chi connectivity index (χ0v) is 13.2. The minimum atomic E-state index is -3.97. The first-order valence-corrected chi connectivity index (χ1v) is 7.68. The third kappa shape index (κ3) is 3.41. The number of carbonyl (C=O) groups is 3. The third-order valence-electron chi connectivity index (χ3n) is 2.91. The van der Waals surface area contributed by atoms with E-state index in [1.54, 1.807) is 12.1 Å². The lowest BCUT2D eigenvalue weighted by atomic mass is 10.2. The molecule has 0 heterocycles. The molecule has 1 aromatic rings. The fraction of sp³-hybridized carbons (Fsp3) is 0.308. The van der Waals surface area contributed by atoms with E-state index < -0.39 is 19.5 Å². The van der Waals surface area contributed by atoms with E-state index in [2.05, 4.69) is 4.74 Å². The Morgan fingerprint density at radius 1 is 1.18 bits per heavy atom. The van der Waals surface area contributed by atoms with Crippen LogP contribution in [-0.4, -0.2) is 45.8 Å². The normalized spacial score (nSPS) is 12.3. The molecule has 1 amide bonds. The number of amides is 1. The molecule has 0 saturated carbocycles. The van der Waals surface area contributed by atoms with Gasteiger partial charge in [-0.1, -0.05) is 12.1 Å². The molecule has 9 heteroatoms. The summed E-state index contributed by atoms with van der Waals surface area (Å²) in [6.07, 6.45) is -0.245. The van der Waals surface area contributed by atoms with E-state index in [9.17, 15) is 18.9 Å². The zero-order chi connectivity index (χ0) is 16.8. The first-order valence-electron chi connectivity index (χ1n) is 6.07. The summed E-state index contributed by atoms with van der Waals surface area (Å²) in [5.41, 5.74) is 0.161. The molecule has 1 atom stereocenters. The second-order valence-electron chi connectivity index (χ2n) is 3.97. The number of ether oxygens (including phenoxy) is 1.